The van der Waals surface area contributed by atoms with Crippen LogP contribution >= 0.6 is 0 Å². The Hall–Kier alpha value is -2.02. The number of ether oxygens (including phenoxy) is 1. The molecule has 0 fully saturated rings. The Morgan fingerprint density at radius 1 is 0.900 bits per heavy atom. The molecule has 0 aliphatic heterocycles. The molecule has 3 rings (SSSR count). The summed E-state index contributed by atoms with van der Waals surface area (Å²) in [6.07, 6.45) is 2.41. The molecule has 0 heterocycles. The van der Waals surface area contributed by atoms with E-state index in [9.17, 15) is 0 Å². The van der Waals surface area contributed by atoms with E-state index in [0.717, 1.165) is 5.75 Å². The molecule has 0 spiro atoms. The van der Waals surface area contributed by atoms with Gasteiger partial charge in [0.05, 0.1) is 7.11 Å². The molecule has 2 aromatic carbocycles. The highest BCUT2D eigenvalue weighted by Gasteiger charge is 2.23. The lowest BCUT2D eigenvalue weighted by atomic mass is 9.92. The Morgan fingerprint density at radius 3 is 2.25 bits per heavy atom. The summed E-state index contributed by atoms with van der Waals surface area (Å²) in [6.45, 7) is 2.33. The molecule has 0 aromatic heterocycles. The summed E-state index contributed by atoms with van der Waals surface area (Å²) >= 11 is 0. The zero-order valence-corrected chi connectivity index (χ0v) is 12.1. The minimum absolute atomic E-state index is 0.624. The first kappa shape index (κ1) is 13.0. The number of hydrogen-bond acceptors (Lipinski definition) is 1. The fourth-order valence-corrected chi connectivity index (χ4v) is 3.11. The molecule has 0 N–H and O–H groups in total. The third-order valence-corrected chi connectivity index (χ3v) is 4.17. The van der Waals surface area contributed by atoms with Crippen LogP contribution in [0.15, 0.2) is 54.6 Å². The summed E-state index contributed by atoms with van der Waals surface area (Å²) in [5.41, 5.74) is 5.69. The first-order chi connectivity index (χ1) is 9.79. The second kappa shape index (κ2) is 5.54. The van der Waals surface area contributed by atoms with Gasteiger partial charge < -0.3 is 4.74 Å². The van der Waals surface area contributed by atoms with E-state index in [4.69, 9.17) is 4.74 Å². The Bertz CT molecular complexity index is 608. The first-order valence-electron chi connectivity index (χ1n) is 7.22. The van der Waals surface area contributed by atoms with E-state index in [1.807, 2.05) is 0 Å². The van der Waals surface area contributed by atoms with Gasteiger partial charge in [0.25, 0.3) is 0 Å². The van der Waals surface area contributed by atoms with Gasteiger partial charge in [-0.25, -0.2) is 0 Å². The van der Waals surface area contributed by atoms with E-state index in [-0.39, 0.29) is 0 Å². The van der Waals surface area contributed by atoms with E-state index >= 15 is 0 Å². The third-order valence-electron chi connectivity index (χ3n) is 4.17. The molecule has 1 aliphatic rings. The van der Waals surface area contributed by atoms with Crippen molar-refractivity contribution in [3.05, 3.63) is 65.7 Å². The van der Waals surface area contributed by atoms with Crippen LogP contribution in [0.1, 0.15) is 30.9 Å². The van der Waals surface area contributed by atoms with Gasteiger partial charge >= 0.3 is 0 Å². The summed E-state index contributed by atoms with van der Waals surface area (Å²) in [4.78, 5) is 0. The van der Waals surface area contributed by atoms with Crippen LogP contribution in [-0.2, 0) is 0 Å². The zero-order valence-electron chi connectivity index (χ0n) is 12.1. The van der Waals surface area contributed by atoms with Crippen molar-refractivity contribution in [3.8, 4) is 5.75 Å². The Morgan fingerprint density at radius 2 is 1.60 bits per heavy atom. The summed E-state index contributed by atoms with van der Waals surface area (Å²) < 4.78 is 5.25. The first-order valence-corrected chi connectivity index (χ1v) is 7.22. The second-order valence-electron chi connectivity index (χ2n) is 5.43. The molecule has 1 atom stereocenters. The second-order valence-corrected chi connectivity index (χ2v) is 5.43. The van der Waals surface area contributed by atoms with Crippen LogP contribution < -0.4 is 4.74 Å². The van der Waals surface area contributed by atoms with Crippen molar-refractivity contribution < 1.29 is 4.74 Å². The van der Waals surface area contributed by atoms with Crippen LogP contribution in [0.25, 0.3) is 11.1 Å². The van der Waals surface area contributed by atoms with Crippen LogP contribution in [0, 0.1) is 5.92 Å². The van der Waals surface area contributed by atoms with Crippen LogP contribution in [0.2, 0.25) is 0 Å². The molecular weight excluding hydrogens is 244 g/mol. The number of methoxy groups -OCH3 is 1. The summed E-state index contributed by atoms with van der Waals surface area (Å²) in [5, 5.41) is 0. The van der Waals surface area contributed by atoms with Crippen molar-refractivity contribution in [1.29, 1.82) is 0 Å². The SMILES string of the molecule is COc1ccc(C2=C(c3ccccc3)CCC2C)cc1. The maximum Gasteiger partial charge on any atom is 0.118 e. The third kappa shape index (κ3) is 2.36. The highest BCUT2D eigenvalue weighted by atomic mass is 16.5. The fraction of sp³-hybridized carbons (Fsp3) is 0.263. The summed E-state index contributed by atoms with van der Waals surface area (Å²) in [5.74, 6) is 1.54. The van der Waals surface area contributed by atoms with Crippen molar-refractivity contribution in [3.63, 3.8) is 0 Å². The molecule has 1 unspecified atom stereocenters. The van der Waals surface area contributed by atoms with E-state index in [0.29, 0.717) is 5.92 Å². The minimum atomic E-state index is 0.624. The fourth-order valence-electron chi connectivity index (χ4n) is 3.11. The van der Waals surface area contributed by atoms with Crippen molar-refractivity contribution >= 4 is 11.1 Å². The van der Waals surface area contributed by atoms with Gasteiger partial charge in [0, 0.05) is 0 Å². The lowest BCUT2D eigenvalue weighted by Gasteiger charge is -2.13. The van der Waals surface area contributed by atoms with Crippen molar-refractivity contribution in [1.82, 2.24) is 0 Å². The van der Waals surface area contributed by atoms with Crippen LogP contribution in [0.5, 0.6) is 5.75 Å². The summed E-state index contributed by atoms with van der Waals surface area (Å²) in [6, 6.07) is 19.2. The van der Waals surface area contributed by atoms with Crippen LogP contribution in [-0.4, -0.2) is 7.11 Å². The standard InChI is InChI=1S/C19H20O/c1-14-8-13-18(15-6-4-3-5-7-15)19(14)16-9-11-17(20-2)12-10-16/h3-7,9-12,14H,8,13H2,1-2H3. The molecule has 20 heavy (non-hydrogen) atoms. The normalized spacial score (nSPS) is 18.4. The zero-order chi connectivity index (χ0) is 13.9. The molecule has 0 radical (unpaired) electrons. The largest absolute Gasteiger partial charge is 0.497 e. The topological polar surface area (TPSA) is 9.23 Å². The lowest BCUT2D eigenvalue weighted by Crippen LogP contribution is -1.94. The molecule has 0 amide bonds. The predicted molar refractivity (Wildman–Crippen MR) is 84.6 cm³/mol. The molecular formula is C19H20O. The van der Waals surface area contributed by atoms with Gasteiger partial charge in [-0.3, -0.25) is 0 Å². The highest BCUT2D eigenvalue weighted by Crippen LogP contribution is 2.43. The number of hydrogen-bond donors (Lipinski definition) is 0. The Kier molecular flexibility index (Phi) is 3.60. The van der Waals surface area contributed by atoms with Crippen molar-refractivity contribution in [2.45, 2.75) is 19.8 Å². The maximum absolute atomic E-state index is 5.25. The molecule has 1 nitrogen and oxygen atoms in total. The quantitative estimate of drug-likeness (QED) is 0.755. The van der Waals surface area contributed by atoms with Gasteiger partial charge in [0.2, 0.25) is 0 Å². The molecule has 1 heteroatoms. The van der Waals surface area contributed by atoms with E-state index < -0.39 is 0 Å². The average molecular weight is 264 g/mol. The van der Waals surface area contributed by atoms with E-state index in [2.05, 4.69) is 61.5 Å². The predicted octanol–water partition coefficient (Wildman–Crippen LogP) is 5.04. The highest BCUT2D eigenvalue weighted by molar-refractivity contribution is 5.93. The van der Waals surface area contributed by atoms with Crippen molar-refractivity contribution in [2.75, 3.05) is 7.11 Å². The van der Waals surface area contributed by atoms with E-state index in [1.54, 1.807) is 7.11 Å². The van der Waals surface area contributed by atoms with Gasteiger partial charge in [0.15, 0.2) is 0 Å². The molecule has 1 aliphatic carbocycles. The Balaban J connectivity index is 2.06. The number of benzene rings is 2. The molecule has 0 saturated carbocycles. The average Bonchev–Trinajstić information content (AvgIpc) is 2.90. The minimum Gasteiger partial charge on any atom is -0.497 e. The maximum atomic E-state index is 5.25. The van der Waals surface area contributed by atoms with Crippen LogP contribution in [0.4, 0.5) is 0 Å². The smallest absolute Gasteiger partial charge is 0.118 e. The molecule has 102 valence electrons. The van der Waals surface area contributed by atoms with Gasteiger partial charge in [-0.1, -0.05) is 49.4 Å². The number of allylic oxidation sites excluding steroid dienone is 2. The molecule has 2 aromatic rings. The molecule has 0 bridgehead atoms. The summed E-state index contributed by atoms with van der Waals surface area (Å²) in [7, 11) is 1.71. The van der Waals surface area contributed by atoms with Crippen LogP contribution in [0.3, 0.4) is 0 Å². The van der Waals surface area contributed by atoms with Crippen molar-refractivity contribution in [2.24, 2.45) is 5.92 Å². The molecule has 0 saturated heterocycles. The Labute approximate surface area is 120 Å². The van der Waals surface area contributed by atoms with Gasteiger partial charge in [0.1, 0.15) is 5.75 Å². The van der Waals surface area contributed by atoms with Gasteiger partial charge in [-0.15, -0.1) is 0 Å². The van der Waals surface area contributed by atoms with Gasteiger partial charge in [-0.2, -0.15) is 0 Å². The number of rotatable bonds is 3. The van der Waals surface area contributed by atoms with E-state index in [1.165, 1.54) is 35.1 Å². The lowest BCUT2D eigenvalue weighted by molar-refractivity contribution is 0.415. The van der Waals surface area contributed by atoms with Gasteiger partial charge in [-0.05, 0) is 53.2 Å². The monoisotopic (exact) mass is 264 g/mol.